The zero-order valence-corrected chi connectivity index (χ0v) is 15.2. The number of fused-ring (bicyclic) bond motifs is 1. The monoisotopic (exact) mass is 371 g/mol. The molecular formula is C19H22ClN5O. The lowest BCUT2D eigenvalue weighted by Gasteiger charge is -2.31. The number of carbonyl (C=O) groups is 1. The Morgan fingerprint density at radius 3 is 2.92 bits per heavy atom. The smallest absolute Gasteiger partial charge is 0.223 e. The fraction of sp³-hybridized carbons (Fsp3) is 0.368. The number of likely N-dealkylation sites (tertiary alicyclic amines) is 1. The average molecular weight is 372 g/mol. The van der Waals surface area contributed by atoms with Gasteiger partial charge in [0, 0.05) is 47.0 Å². The first-order valence-electron chi connectivity index (χ1n) is 8.93. The van der Waals surface area contributed by atoms with Crippen molar-refractivity contribution in [2.45, 2.75) is 25.9 Å². The number of amides is 1. The predicted molar refractivity (Wildman–Crippen MR) is 102 cm³/mol. The second-order valence-corrected chi connectivity index (χ2v) is 7.24. The summed E-state index contributed by atoms with van der Waals surface area (Å²) in [6.07, 6.45) is 7.28. The van der Waals surface area contributed by atoms with Gasteiger partial charge in [0.25, 0.3) is 0 Å². The molecule has 26 heavy (non-hydrogen) atoms. The van der Waals surface area contributed by atoms with E-state index < -0.39 is 0 Å². The third kappa shape index (κ3) is 3.76. The van der Waals surface area contributed by atoms with Gasteiger partial charge >= 0.3 is 0 Å². The molecule has 7 heteroatoms. The first-order chi connectivity index (χ1) is 12.7. The summed E-state index contributed by atoms with van der Waals surface area (Å²) in [6, 6.07) is 5.92. The highest BCUT2D eigenvalue weighted by molar-refractivity contribution is 6.31. The van der Waals surface area contributed by atoms with Crippen molar-refractivity contribution >= 4 is 28.4 Å². The van der Waals surface area contributed by atoms with Crippen LogP contribution in [0.1, 0.15) is 24.2 Å². The van der Waals surface area contributed by atoms with Crippen LogP contribution in [-0.2, 0) is 17.9 Å². The van der Waals surface area contributed by atoms with Gasteiger partial charge in [0.2, 0.25) is 5.91 Å². The molecule has 1 saturated heterocycles. The molecule has 0 saturated carbocycles. The molecule has 1 fully saturated rings. The topological polar surface area (TPSA) is 76.8 Å². The molecule has 0 bridgehead atoms. The number of aromatic amines is 2. The van der Waals surface area contributed by atoms with E-state index in [4.69, 9.17) is 11.6 Å². The number of nitrogens with zero attached hydrogens (tertiary/aromatic N) is 2. The number of nitrogens with one attached hydrogen (secondary N) is 3. The number of rotatable bonds is 5. The molecule has 3 heterocycles. The number of piperidine rings is 1. The van der Waals surface area contributed by atoms with Crippen molar-refractivity contribution in [1.29, 1.82) is 0 Å². The van der Waals surface area contributed by atoms with Gasteiger partial charge in [-0.15, -0.1) is 0 Å². The summed E-state index contributed by atoms with van der Waals surface area (Å²) in [7, 11) is 0. The fourth-order valence-corrected chi connectivity index (χ4v) is 3.76. The summed E-state index contributed by atoms with van der Waals surface area (Å²) in [5.74, 6) is 0.993. The van der Waals surface area contributed by atoms with Crippen molar-refractivity contribution in [3.63, 3.8) is 0 Å². The molecule has 4 rings (SSSR count). The van der Waals surface area contributed by atoms with Crippen LogP contribution in [0.15, 0.2) is 36.8 Å². The molecular weight excluding hydrogens is 350 g/mol. The van der Waals surface area contributed by atoms with E-state index in [1.807, 2.05) is 18.2 Å². The van der Waals surface area contributed by atoms with Crippen LogP contribution in [0.5, 0.6) is 0 Å². The average Bonchev–Trinajstić information content (AvgIpc) is 3.30. The maximum Gasteiger partial charge on any atom is 0.223 e. The summed E-state index contributed by atoms with van der Waals surface area (Å²) in [5.41, 5.74) is 2.36. The molecule has 3 N–H and O–H groups in total. The molecule has 1 aliphatic heterocycles. The molecule has 1 amide bonds. The lowest BCUT2D eigenvalue weighted by molar-refractivity contribution is -0.126. The number of hydrogen-bond acceptors (Lipinski definition) is 3. The van der Waals surface area contributed by atoms with Crippen LogP contribution in [0.3, 0.4) is 0 Å². The lowest BCUT2D eigenvalue weighted by Crippen LogP contribution is -2.40. The van der Waals surface area contributed by atoms with Crippen LogP contribution in [0.2, 0.25) is 5.02 Å². The van der Waals surface area contributed by atoms with E-state index in [0.29, 0.717) is 6.54 Å². The summed E-state index contributed by atoms with van der Waals surface area (Å²) < 4.78 is 0. The molecule has 0 radical (unpaired) electrons. The Labute approximate surface area is 156 Å². The van der Waals surface area contributed by atoms with E-state index in [0.717, 1.165) is 48.8 Å². The predicted octanol–water partition coefficient (Wildman–Crippen LogP) is 3.07. The molecule has 3 aromatic rings. The van der Waals surface area contributed by atoms with Crippen LogP contribution >= 0.6 is 11.6 Å². The number of imidazole rings is 1. The van der Waals surface area contributed by atoms with Gasteiger partial charge in [-0.3, -0.25) is 9.69 Å². The maximum absolute atomic E-state index is 12.3. The minimum atomic E-state index is 0.0821. The highest BCUT2D eigenvalue weighted by Gasteiger charge is 2.25. The van der Waals surface area contributed by atoms with E-state index in [9.17, 15) is 4.79 Å². The summed E-state index contributed by atoms with van der Waals surface area (Å²) >= 11 is 6.13. The Kier molecular flexibility index (Phi) is 4.95. The molecule has 2 aromatic heterocycles. The van der Waals surface area contributed by atoms with Gasteiger partial charge in [-0.2, -0.15) is 0 Å². The van der Waals surface area contributed by atoms with Gasteiger partial charge in [0.1, 0.15) is 5.82 Å². The van der Waals surface area contributed by atoms with E-state index in [2.05, 4.69) is 31.4 Å². The molecule has 0 aliphatic carbocycles. The number of halogens is 1. The van der Waals surface area contributed by atoms with E-state index in [-0.39, 0.29) is 11.8 Å². The zero-order chi connectivity index (χ0) is 17.9. The van der Waals surface area contributed by atoms with Crippen molar-refractivity contribution in [3.05, 3.63) is 53.2 Å². The molecule has 0 spiro atoms. The fourth-order valence-electron chi connectivity index (χ4n) is 3.59. The van der Waals surface area contributed by atoms with Gasteiger partial charge in [-0.05, 0) is 49.7 Å². The number of carbonyl (C=O) groups excluding carboxylic acids is 1. The third-order valence-corrected chi connectivity index (χ3v) is 5.30. The van der Waals surface area contributed by atoms with Crippen molar-refractivity contribution in [3.8, 4) is 0 Å². The summed E-state index contributed by atoms with van der Waals surface area (Å²) in [4.78, 5) is 25.2. The minimum Gasteiger partial charge on any atom is -0.361 e. The Bertz CT molecular complexity index is 881. The SMILES string of the molecule is O=C(NCc1ncc[nH]1)C1CCN(Cc2c[nH]c3ccc(Cl)cc23)CC1. The minimum absolute atomic E-state index is 0.0821. The lowest BCUT2D eigenvalue weighted by atomic mass is 9.95. The normalized spacial score (nSPS) is 16.2. The van der Waals surface area contributed by atoms with Crippen LogP contribution in [0.4, 0.5) is 0 Å². The molecule has 0 atom stereocenters. The van der Waals surface area contributed by atoms with E-state index >= 15 is 0 Å². The highest BCUT2D eigenvalue weighted by atomic mass is 35.5. The summed E-state index contributed by atoms with van der Waals surface area (Å²) in [5, 5.41) is 4.91. The highest BCUT2D eigenvalue weighted by Crippen LogP contribution is 2.25. The first kappa shape index (κ1) is 17.1. The molecule has 1 aromatic carbocycles. The Morgan fingerprint density at radius 2 is 2.15 bits per heavy atom. The van der Waals surface area contributed by atoms with Crippen LogP contribution in [0.25, 0.3) is 10.9 Å². The van der Waals surface area contributed by atoms with Gasteiger partial charge in [-0.1, -0.05) is 11.6 Å². The van der Waals surface area contributed by atoms with Crippen LogP contribution < -0.4 is 5.32 Å². The van der Waals surface area contributed by atoms with Gasteiger partial charge in [0.05, 0.1) is 6.54 Å². The van der Waals surface area contributed by atoms with E-state index in [1.165, 1.54) is 10.9 Å². The van der Waals surface area contributed by atoms with Gasteiger partial charge in [-0.25, -0.2) is 4.98 Å². The second kappa shape index (κ2) is 7.51. The number of aromatic nitrogens is 3. The van der Waals surface area contributed by atoms with Gasteiger partial charge in [0.15, 0.2) is 0 Å². The number of H-pyrrole nitrogens is 2. The molecule has 136 valence electrons. The zero-order valence-electron chi connectivity index (χ0n) is 14.5. The van der Waals surface area contributed by atoms with Crippen molar-refractivity contribution in [2.75, 3.05) is 13.1 Å². The van der Waals surface area contributed by atoms with E-state index in [1.54, 1.807) is 12.4 Å². The summed E-state index contributed by atoms with van der Waals surface area (Å²) in [6.45, 7) is 3.18. The number of hydrogen-bond donors (Lipinski definition) is 3. The standard InChI is InChI=1S/C19H22ClN5O/c20-15-1-2-17-16(9-15)14(10-23-17)12-25-7-3-13(4-8-25)19(26)24-11-18-21-5-6-22-18/h1-2,5-6,9-10,13,23H,3-4,7-8,11-12H2,(H,21,22)(H,24,26). The van der Waals surface area contributed by atoms with Crippen LogP contribution in [-0.4, -0.2) is 38.8 Å². The maximum atomic E-state index is 12.3. The number of benzene rings is 1. The largest absolute Gasteiger partial charge is 0.361 e. The van der Waals surface area contributed by atoms with Crippen molar-refractivity contribution in [2.24, 2.45) is 5.92 Å². The second-order valence-electron chi connectivity index (χ2n) is 6.81. The Balaban J connectivity index is 1.30. The molecule has 6 nitrogen and oxygen atoms in total. The van der Waals surface area contributed by atoms with Crippen molar-refractivity contribution in [1.82, 2.24) is 25.2 Å². The van der Waals surface area contributed by atoms with Crippen molar-refractivity contribution < 1.29 is 4.79 Å². The van der Waals surface area contributed by atoms with Gasteiger partial charge < -0.3 is 15.3 Å². The van der Waals surface area contributed by atoms with Crippen LogP contribution in [0, 0.1) is 5.92 Å². The first-order valence-corrected chi connectivity index (χ1v) is 9.30. The quantitative estimate of drug-likeness (QED) is 0.645. The third-order valence-electron chi connectivity index (χ3n) is 5.07. The Hall–Kier alpha value is -2.31. The molecule has 0 unspecified atom stereocenters. The Morgan fingerprint density at radius 1 is 1.31 bits per heavy atom. The molecule has 1 aliphatic rings.